The first-order valence-corrected chi connectivity index (χ1v) is 6.75. The standard InChI is InChI=1S/C16H19N3O2.ClH/c1-11-7-12(2)9-14(8-11)21-6-5-16(20)19-13-3-4-15(17)18-10-13;/h3-4,7-10H,5-6H2,1-2H3,(H2,17,18)(H,19,20);1H. The molecule has 0 bridgehead atoms. The predicted molar refractivity (Wildman–Crippen MR) is 90.6 cm³/mol. The van der Waals surface area contributed by atoms with Gasteiger partial charge in [0.1, 0.15) is 11.6 Å². The first kappa shape index (κ1) is 17.8. The average molecular weight is 322 g/mol. The Labute approximate surface area is 136 Å². The van der Waals surface area contributed by atoms with Gasteiger partial charge in [0.2, 0.25) is 5.91 Å². The lowest BCUT2D eigenvalue weighted by molar-refractivity contribution is -0.116. The van der Waals surface area contributed by atoms with Crippen molar-refractivity contribution in [2.45, 2.75) is 20.3 Å². The first-order chi connectivity index (χ1) is 10.0. The van der Waals surface area contributed by atoms with Crippen LogP contribution in [-0.2, 0) is 4.79 Å². The van der Waals surface area contributed by atoms with Crippen LogP contribution in [0.1, 0.15) is 17.5 Å². The summed E-state index contributed by atoms with van der Waals surface area (Å²) in [7, 11) is 0. The number of nitrogens with zero attached hydrogens (tertiary/aromatic N) is 1. The van der Waals surface area contributed by atoms with Gasteiger partial charge in [-0.15, -0.1) is 12.4 Å². The molecule has 0 unspecified atom stereocenters. The summed E-state index contributed by atoms with van der Waals surface area (Å²) in [5.74, 6) is 1.09. The van der Waals surface area contributed by atoms with Gasteiger partial charge in [0.15, 0.2) is 0 Å². The maximum Gasteiger partial charge on any atom is 0.227 e. The second-order valence-electron chi connectivity index (χ2n) is 4.94. The summed E-state index contributed by atoms with van der Waals surface area (Å²) in [6.07, 6.45) is 1.80. The van der Waals surface area contributed by atoms with E-state index in [4.69, 9.17) is 10.5 Å². The van der Waals surface area contributed by atoms with Crippen LogP contribution in [0, 0.1) is 13.8 Å². The van der Waals surface area contributed by atoms with Gasteiger partial charge in [-0.2, -0.15) is 0 Å². The summed E-state index contributed by atoms with van der Waals surface area (Å²) >= 11 is 0. The molecule has 0 aliphatic rings. The molecule has 0 saturated carbocycles. The van der Waals surface area contributed by atoms with Crippen molar-refractivity contribution in [1.82, 2.24) is 4.98 Å². The Balaban J connectivity index is 0.00000242. The zero-order valence-electron chi connectivity index (χ0n) is 12.6. The van der Waals surface area contributed by atoms with Gasteiger partial charge in [-0.25, -0.2) is 4.98 Å². The number of nitrogens with one attached hydrogen (secondary N) is 1. The molecule has 0 spiro atoms. The van der Waals surface area contributed by atoms with Crippen molar-refractivity contribution in [3.05, 3.63) is 47.7 Å². The Bertz CT molecular complexity index is 610. The van der Waals surface area contributed by atoms with Crippen molar-refractivity contribution < 1.29 is 9.53 Å². The van der Waals surface area contributed by atoms with Crippen LogP contribution in [0.4, 0.5) is 11.5 Å². The number of hydrogen-bond donors (Lipinski definition) is 2. The number of carbonyl (C=O) groups is 1. The average Bonchev–Trinajstić information content (AvgIpc) is 2.40. The third-order valence-electron chi connectivity index (χ3n) is 2.86. The fourth-order valence-electron chi connectivity index (χ4n) is 1.98. The molecular formula is C16H20ClN3O2. The molecular weight excluding hydrogens is 302 g/mol. The molecule has 5 nitrogen and oxygen atoms in total. The summed E-state index contributed by atoms with van der Waals surface area (Å²) in [6, 6.07) is 9.34. The van der Waals surface area contributed by atoms with E-state index >= 15 is 0 Å². The number of pyridine rings is 1. The lowest BCUT2D eigenvalue weighted by Crippen LogP contribution is -2.15. The fourth-order valence-corrected chi connectivity index (χ4v) is 1.98. The monoisotopic (exact) mass is 321 g/mol. The summed E-state index contributed by atoms with van der Waals surface area (Å²) in [6.45, 7) is 4.36. The topological polar surface area (TPSA) is 77.2 Å². The highest BCUT2D eigenvalue weighted by molar-refractivity contribution is 5.90. The van der Waals surface area contributed by atoms with Gasteiger partial charge in [-0.05, 0) is 49.2 Å². The lowest BCUT2D eigenvalue weighted by atomic mass is 10.1. The van der Waals surface area contributed by atoms with E-state index < -0.39 is 0 Å². The van der Waals surface area contributed by atoms with Crippen LogP contribution in [0.25, 0.3) is 0 Å². The normalized spacial score (nSPS) is 9.73. The highest BCUT2D eigenvalue weighted by Gasteiger charge is 2.04. The smallest absolute Gasteiger partial charge is 0.227 e. The number of ether oxygens (including phenoxy) is 1. The molecule has 0 aliphatic carbocycles. The number of anilines is 2. The third kappa shape index (κ3) is 5.61. The number of hydrogen-bond acceptors (Lipinski definition) is 4. The van der Waals surface area contributed by atoms with Crippen molar-refractivity contribution >= 4 is 29.8 Å². The Kier molecular flexibility index (Phi) is 6.66. The summed E-state index contributed by atoms with van der Waals surface area (Å²) in [5.41, 5.74) is 8.39. The van der Waals surface area contributed by atoms with Crippen molar-refractivity contribution in [1.29, 1.82) is 0 Å². The van der Waals surface area contributed by atoms with Crippen LogP contribution in [0.15, 0.2) is 36.5 Å². The number of benzene rings is 1. The van der Waals surface area contributed by atoms with E-state index in [1.807, 2.05) is 26.0 Å². The zero-order valence-corrected chi connectivity index (χ0v) is 13.4. The minimum Gasteiger partial charge on any atom is -0.493 e. The summed E-state index contributed by atoms with van der Waals surface area (Å²) in [5, 5.41) is 2.74. The number of carbonyl (C=O) groups excluding carboxylic acids is 1. The Morgan fingerprint density at radius 3 is 2.50 bits per heavy atom. The van der Waals surface area contributed by atoms with E-state index in [1.54, 1.807) is 12.1 Å². The third-order valence-corrected chi connectivity index (χ3v) is 2.86. The van der Waals surface area contributed by atoms with Crippen molar-refractivity contribution in [3.8, 4) is 5.75 Å². The Hall–Kier alpha value is -2.27. The highest BCUT2D eigenvalue weighted by atomic mass is 35.5. The van der Waals surface area contributed by atoms with Crippen molar-refractivity contribution in [2.24, 2.45) is 0 Å². The van der Waals surface area contributed by atoms with E-state index in [-0.39, 0.29) is 24.7 Å². The SMILES string of the molecule is Cc1cc(C)cc(OCCC(=O)Nc2ccc(N)nc2)c1.Cl. The number of amides is 1. The largest absolute Gasteiger partial charge is 0.493 e. The van der Waals surface area contributed by atoms with Gasteiger partial charge >= 0.3 is 0 Å². The molecule has 0 saturated heterocycles. The molecule has 6 heteroatoms. The number of rotatable bonds is 5. The van der Waals surface area contributed by atoms with E-state index in [0.717, 1.165) is 16.9 Å². The van der Waals surface area contributed by atoms with E-state index in [0.29, 0.717) is 18.1 Å². The molecule has 0 atom stereocenters. The van der Waals surface area contributed by atoms with Crippen LogP contribution in [-0.4, -0.2) is 17.5 Å². The summed E-state index contributed by atoms with van der Waals surface area (Å²) < 4.78 is 5.60. The van der Waals surface area contributed by atoms with Crippen LogP contribution in [0.5, 0.6) is 5.75 Å². The Morgan fingerprint density at radius 1 is 1.23 bits per heavy atom. The van der Waals surface area contributed by atoms with E-state index in [1.165, 1.54) is 6.20 Å². The molecule has 0 aliphatic heterocycles. The maximum atomic E-state index is 11.8. The molecule has 1 heterocycles. The fraction of sp³-hybridized carbons (Fsp3) is 0.250. The molecule has 1 aromatic heterocycles. The lowest BCUT2D eigenvalue weighted by Gasteiger charge is -2.09. The number of nitrogens with two attached hydrogens (primary N) is 1. The van der Waals surface area contributed by atoms with Gasteiger partial charge in [0.25, 0.3) is 0 Å². The molecule has 3 N–H and O–H groups in total. The van der Waals surface area contributed by atoms with Gasteiger partial charge in [0.05, 0.1) is 24.9 Å². The summed E-state index contributed by atoms with van der Waals surface area (Å²) in [4.78, 5) is 15.7. The van der Waals surface area contributed by atoms with Gasteiger partial charge in [-0.3, -0.25) is 4.79 Å². The molecule has 0 radical (unpaired) electrons. The Morgan fingerprint density at radius 2 is 1.91 bits per heavy atom. The van der Waals surface area contributed by atoms with Gasteiger partial charge in [0, 0.05) is 0 Å². The predicted octanol–water partition coefficient (Wildman–Crippen LogP) is 3.11. The van der Waals surface area contributed by atoms with Crippen LogP contribution >= 0.6 is 12.4 Å². The van der Waals surface area contributed by atoms with Crippen LogP contribution < -0.4 is 15.8 Å². The van der Waals surface area contributed by atoms with E-state index in [9.17, 15) is 4.79 Å². The maximum absolute atomic E-state index is 11.8. The molecule has 2 aromatic rings. The number of nitrogen functional groups attached to an aromatic ring is 1. The molecule has 0 fully saturated rings. The number of halogens is 1. The van der Waals surface area contributed by atoms with Crippen LogP contribution in [0.2, 0.25) is 0 Å². The van der Waals surface area contributed by atoms with Crippen molar-refractivity contribution in [3.63, 3.8) is 0 Å². The van der Waals surface area contributed by atoms with Crippen molar-refractivity contribution in [2.75, 3.05) is 17.7 Å². The second kappa shape index (κ2) is 8.24. The minimum absolute atomic E-state index is 0. The molecule has 1 amide bonds. The zero-order chi connectivity index (χ0) is 15.2. The second-order valence-corrected chi connectivity index (χ2v) is 4.94. The highest BCUT2D eigenvalue weighted by Crippen LogP contribution is 2.16. The minimum atomic E-state index is -0.119. The van der Waals surface area contributed by atoms with E-state index in [2.05, 4.69) is 16.4 Å². The van der Waals surface area contributed by atoms with Gasteiger partial charge < -0.3 is 15.8 Å². The molecule has 2 rings (SSSR count). The molecule has 1 aromatic carbocycles. The number of aryl methyl sites for hydroxylation is 2. The molecule has 22 heavy (non-hydrogen) atoms. The quantitative estimate of drug-likeness (QED) is 0.887. The van der Waals surface area contributed by atoms with Crippen LogP contribution in [0.3, 0.4) is 0 Å². The van der Waals surface area contributed by atoms with Gasteiger partial charge in [-0.1, -0.05) is 6.07 Å². The first-order valence-electron chi connectivity index (χ1n) is 6.75. The molecule has 118 valence electrons. The number of aromatic nitrogens is 1.